The molecule has 108 valence electrons. The molecule has 0 bridgehead atoms. The van der Waals surface area contributed by atoms with Gasteiger partial charge in [-0.05, 0) is 12.1 Å². The summed E-state index contributed by atoms with van der Waals surface area (Å²) in [6.45, 7) is 0.215. The molecule has 2 rings (SSSR count). The number of hydrogen-bond donors (Lipinski definition) is 2. The Balaban J connectivity index is 2.14. The SMILES string of the molecule is Nc1cc(Cl)c(S(=O)(=O)NCCc2nccs2)c(Cl)c1. The molecule has 9 heteroatoms. The maximum absolute atomic E-state index is 12.2. The highest BCUT2D eigenvalue weighted by molar-refractivity contribution is 7.89. The van der Waals surface area contributed by atoms with Crippen molar-refractivity contribution in [2.75, 3.05) is 12.3 Å². The molecule has 20 heavy (non-hydrogen) atoms. The van der Waals surface area contributed by atoms with Crippen LogP contribution in [-0.2, 0) is 16.4 Å². The lowest BCUT2D eigenvalue weighted by Crippen LogP contribution is -2.26. The Bertz CT molecular complexity index is 679. The topological polar surface area (TPSA) is 85.1 Å². The van der Waals surface area contributed by atoms with E-state index in [1.807, 2.05) is 5.38 Å². The highest BCUT2D eigenvalue weighted by Gasteiger charge is 2.21. The Morgan fingerprint density at radius 1 is 1.30 bits per heavy atom. The minimum atomic E-state index is -3.78. The number of anilines is 1. The monoisotopic (exact) mass is 351 g/mol. The summed E-state index contributed by atoms with van der Waals surface area (Å²) >= 11 is 13.3. The first-order chi connectivity index (χ1) is 9.40. The van der Waals surface area contributed by atoms with E-state index >= 15 is 0 Å². The maximum Gasteiger partial charge on any atom is 0.243 e. The molecule has 0 aliphatic heterocycles. The van der Waals surface area contributed by atoms with Crippen molar-refractivity contribution >= 4 is 50.2 Å². The van der Waals surface area contributed by atoms with Crippen molar-refractivity contribution in [2.45, 2.75) is 11.3 Å². The molecule has 1 aromatic heterocycles. The molecule has 0 spiro atoms. The van der Waals surface area contributed by atoms with E-state index in [1.165, 1.54) is 23.5 Å². The standard InChI is InChI=1S/C11H11Cl2N3O2S2/c12-8-5-7(14)6-9(13)11(8)20(17,18)16-2-1-10-15-3-4-19-10/h3-6,16H,1-2,14H2. The number of benzene rings is 1. The van der Waals surface area contributed by atoms with Crippen LogP contribution < -0.4 is 10.5 Å². The van der Waals surface area contributed by atoms with Crippen LogP contribution >= 0.6 is 34.5 Å². The second-order valence-corrected chi connectivity index (χ2v) is 7.38. The summed E-state index contributed by atoms with van der Waals surface area (Å²) < 4.78 is 26.8. The highest BCUT2D eigenvalue weighted by atomic mass is 35.5. The van der Waals surface area contributed by atoms with E-state index in [9.17, 15) is 8.42 Å². The molecule has 0 atom stereocenters. The lowest BCUT2D eigenvalue weighted by Gasteiger charge is -2.10. The summed E-state index contributed by atoms with van der Waals surface area (Å²) in [6.07, 6.45) is 2.17. The van der Waals surface area contributed by atoms with Gasteiger partial charge in [0, 0.05) is 30.2 Å². The van der Waals surface area contributed by atoms with Gasteiger partial charge in [-0.2, -0.15) is 0 Å². The van der Waals surface area contributed by atoms with Gasteiger partial charge in [0.05, 0.1) is 15.1 Å². The van der Waals surface area contributed by atoms with Gasteiger partial charge in [-0.15, -0.1) is 11.3 Å². The Hall–Kier alpha value is -0.860. The number of hydrogen-bond acceptors (Lipinski definition) is 5. The first-order valence-electron chi connectivity index (χ1n) is 5.52. The summed E-state index contributed by atoms with van der Waals surface area (Å²) in [4.78, 5) is 3.91. The van der Waals surface area contributed by atoms with Gasteiger partial charge in [-0.3, -0.25) is 0 Å². The Morgan fingerprint density at radius 2 is 1.95 bits per heavy atom. The number of sulfonamides is 1. The van der Waals surface area contributed by atoms with E-state index in [1.54, 1.807) is 6.20 Å². The number of nitrogens with one attached hydrogen (secondary N) is 1. The smallest absolute Gasteiger partial charge is 0.243 e. The quantitative estimate of drug-likeness (QED) is 0.810. The Kier molecular flexibility index (Phi) is 4.87. The number of rotatable bonds is 5. The van der Waals surface area contributed by atoms with Crippen molar-refractivity contribution in [3.05, 3.63) is 38.8 Å². The molecule has 0 saturated heterocycles. The maximum atomic E-state index is 12.2. The lowest BCUT2D eigenvalue weighted by atomic mass is 10.3. The molecule has 1 heterocycles. The molecule has 0 saturated carbocycles. The molecule has 0 unspecified atom stereocenters. The van der Waals surface area contributed by atoms with Crippen LogP contribution in [0.3, 0.4) is 0 Å². The summed E-state index contributed by atoms with van der Waals surface area (Å²) in [5.41, 5.74) is 5.85. The van der Waals surface area contributed by atoms with Gasteiger partial charge in [0.15, 0.2) is 0 Å². The largest absolute Gasteiger partial charge is 0.399 e. The number of nitrogen functional groups attached to an aromatic ring is 1. The molecule has 3 N–H and O–H groups in total. The van der Waals surface area contributed by atoms with Crippen molar-refractivity contribution in [1.29, 1.82) is 0 Å². The zero-order chi connectivity index (χ0) is 14.8. The summed E-state index contributed by atoms with van der Waals surface area (Å²) in [5.74, 6) is 0. The number of thiazole rings is 1. The van der Waals surface area contributed by atoms with E-state index in [4.69, 9.17) is 28.9 Å². The zero-order valence-corrected chi connectivity index (χ0v) is 13.3. The molecule has 0 fully saturated rings. The predicted octanol–water partition coefficient (Wildman–Crippen LogP) is 2.55. The molecule has 0 amide bonds. The van der Waals surface area contributed by atoms with Crippen LogP contribution in [0, 0.1) is 0 Å². The molecule has 0 radical (unpaired) electrons. The van der Waals surface area contributed by atoms with Gasteiger partial charge >= 0.3 is 0 Å². The molecule has 1 aromatic carbocycles. The first-order valence-corrected chi connectivity index (χ1v) is 8.64. The van der Waals surface area contributed by atoms with Crippen LogP contribution in [0.2, 0.25) is 10.0 Å². The average molecular weight is 352 g/mol. The van der Waals surface area contributed by atoms with Crippen LogP contribution in [0.1, 0.15) is 5.01 Å². The number of nitrogens with two attached hydrogens (primary N) is 1. The van der Waals surface area contributed by atoms with Crippen molar-refractivity contribution in [3.63, 3.8) is 0 Å². The fourth-order valence-corrected chi connectivity index (χ4v) is 4.46. The number of nitrogens with zero attached hydrogens (tertiary/aromatic N) is 1. The van der Waals surface area contributed by atoms with Crippen LogP contribution in [0.4, 0.5) is 5.69 Å². The molecular formula is C11H11Cl2N3O2S2. The molecule has 2 aromatic rings. The Labute approximate surface area is 130 Å². The summed E-state index contributed by atoms with van der Waals surface area (Å²) in [6, 6.07) is 2.70. The van der Waals surface area contributed by atoms with E-state index in [-0.39, 0.29) is 21.5 Å². The number of aromatic nitrogens is 1. The van der Waals surface area contributed by atoms with E-state index in [0.717, 1.165) is 5.01 Å². The van der Waals surface area contributed by atoms with E-state index in [2.05, 4.69) is 9.71 Å². The second-order valence-electron chi connectivity index (χ2n) is 3.89. The fraction of sp³-hybridized carbons (Fsp3) is 0.182. The highest BCUT2D eigenvalue weighted by Crippen LogP contribution is 2.31. The fourth-order valence-electron chi connectivity index (χ4n) is 1.58. The number of halogens is 2. The van der Waals surface area contributed by atoms with Crippen LogP contribution in [0.15, 0.2) is 28.6 Å². The zero-order valence-electron chi connectivity index (χ0n) is 10.1. The van der Waals surface area contributed by atoms with Crippen LogP contribution in [0.5, 0.6) is 0 Å². The second kappa shape index (κ2) is 6.28. The first kappa shape index (κ1) is 15.5. The summed E-state index contributed by atoms with van der Waals surface area (Å²) in [7, 11) is -3.78. The predicted molar refractivity (Wildman–Crippen MR) is 81.9 cm³/mol. The van der Waals surface area contributed by atoms with Crippen molar-refractivity contribution in [1.82, 2.24) is 9.71 Å². The van der Waals surface area contributed by atoms with Crippen molar-refractivity contribution in [3.8, 4) is 0 Å². The lowest BCUT2D eigenvalue weighted by molar-refractivity contribution is 0.581. The Morgan fingerprint density at radius 3 is 2.50 bits per heavy atom. The third-order valence-corrected chi connectivity index (χ3v) is 5.62. The van der Waals surface area contributed by atoms with Crippen LogP contribution in [-0.4, -0.2) is 19.9 Å². The van der Waals surface area contributed by atoms with Crippen molar-refractivity contribution in [2.24, 2.45) is 0 Å². The summed E-state index contributed by atoms with van der Waals surface area (Å²) in [5, 5.41) is 2.67. The van der Waals surface area contributed by atoms with Crippen molar-refractivity contribution < 1.29 is 8.42 Å². The van der Waals surface area contributed by atoms with Gasteiger partial charge in [-0.1, -0.05) is 23.2 Å². The van der Waals surface area contributed by atoms with Crippen LogP contribution in [0.25, 0.3) is 0 Å². The van der Waals surface area contributed by atoms with Gasteiger partial charge in [-0.25, -0.2) is 18.1 Å². The molecule has 0 aliphatic rings. The van der Waals surface area contributed by atoms with E-state index < -0.39 is 10.0 Å². The molecule has 5 nitrogen and oxygen atoms in total. The average Bonchev–Trinajstić information content (AvgIpc) is 2.79. The van der Waals surface area contributed by atoms with E-state index in [0.29, 0.717) is 12.1 Å². The molecular weight excluding hydrogens is 341 g/mol. The van der Waals surface area contributed by atoms with Gasteiger partial charge in [0.25, 0.3) is 0 Å². The molecule has 0 aliphatic carbocycles. The normalized spacial score (nSPS) is 11.7. The third kappa shape index (κ3) is 3.62. The van der Waals surface area contributed by atoms with Gasteiger partial charge < -0.3 is 5.73 Å². The minimum absolute atomic E-state index is 0.00301. The third-order valence-electron chi connectivity index (χ3n) is 2.40. The van der Waals surface area contributed by atoms with Gasteiger partial charge in [0.2, 0.25) is 10.0 Å². The van der Waals surface area contributed by atoms with Gasteiger partial charge in [0.1, 0.15) is 4.90 Å². The minimum Gasteiger partial charge on any atom is -0.399 e.